The molecule has 2 aromatic carbocycles. The van der Waals surface area contributed by atoms with Crippen molar-refractivity contribution < 1.29 is 4.39 Å². The van der Waals surface area contributed by atoms with Gasteiger partial charge in [-0.25, -0.2) is 4.39 Å². The van der Waals surface area contributed by atoms with E-state index in [1.807, 2.05) is 13.0 Å². The zero-order valence-electron chi connectivity index (χ0n) is 11.0. The van der Waals surface area contributed by atoms with E-state index in [2.05, 4.69) is 5.43 Å². The van der Waals surface area contributed by atoms with Gasteiger partial charge in [0.05, 0.1) is 6.04 Å². The molecule has 0 bridgehead atoms. The smallest absolute Gasteiger partial charge is 0.123 e. The van der Waals surface area contributed by atoms with Crippen molar-refractivity contribution in [3.05, 3.63) is 69.0 Å². The minimum absolute atomic E-state index is 0.236. The average Bonchev–Trinajstić information content (AvgIpc) is 2.38. The highest BCUT2D eigenvalue weighted by Gasteiger charge is 2.14. The molecule has 1 unspecified atom stereocenters. The minimum atomic E-state index is -0.280. The molecule has 2 nitrogen and oxygen atoms in total. The summed E-state index contributed by atoms with van der Waals surface area (Å²) in [5, 5.41) is 1.22. The van der Waals surface area contributed by atoms with Gasteiger partial charge in [0.25, 0.3) is 0 Å². The van der Waals surface area contributed by atoms with Gasteiger partial charge in [0.1, 0.15) is 5.82 Å². The number of hydrazine groups is 1. The molecule has 0 aliphatic heterocycles. The fraction of sp³-hybridized carbons (Fsp3) is 0.200. The summed E-state index contributed by atoms with van der Waals surface area (Å²) in [5.74, 6) is 5.31. The van der Waals surface area contributed by atoms with Crippen molar-refractivity contribution >= 4 is 23.2 Å². The van der Waals surface area contributed by atoms with Gasteiger partial charge in [0.15, 0.2) is 0 Å². The summed E-state index contributed by atoms with van der Waals surface area (Å²) in [7, 11) is 0. The number of nitrogens with two attached hydrogens (primary N) is 1. The zero-order valence-corrected chi connectivity index (χ0v) is 12.5. The number of hydrogen-bond acceptors (Lipinski definition) is 2. The molecule has 0 radical (unpaired) electrons. The van der Waals surface area contributed by atoms with E-state index in [-0.39, 0.29) is 11.9 Å². The summed E-state index contributed by atoms with van der Waals surface area (Å²) in [5.41, 5.74) is 5.19. The largest absolute Gasteiger partial charge is 0.271 e. The van der Waals surface area contributed by atoms with E-state index >= 15 is 0 Å². The summed E-state index contributed by atoms with van der Waals surface area (Å²) >= 11 is 12.1. The first-order chi connectivity index (χ1) is 9.49. The molecule has 0 aliphatic rings. The molecule has 2 aromatic rings. The topological polar surface area (TPSA) is 38.0 Å². The van der Waals surface area contributed by atoms with Crippen LogP contribution in [-0.4, -0.2) is 0 Å². The van der Waals surface area contributed by atoms with Crippen LogP contribution in [0, 0.1) is 12.7 Å². The van der Waals surface area contributed by atoms with Crippen molar-refractivity contribution in [2.75, 3.05) is 0 Å². The van der Waals surface area contributed by atoms with Crippen molar-refractivity contribution in [1.29, 1.82) is 0 Å². The van der Waals surface area contributed by atoms with Crippen molar-refractivity contribution in [1.82, 2.24) is 5.43 Å². The van der Waals surface area contributed by atoms with Gasteiger partial charge in [-0.1, -0.05) is 29.3 Å². The molecule has 5 heteroatoms. The van der Waals surface area contributed by atoms with Crippen LogP contribution in [0.1, 0.15) is 22.7 Å². The van der Waals surface area contributed by atoms with Crippen molar-refractivity contribution in [3.8, 4) is 0 Å². The molecule has 0 fully saturated rings. The molecule has 3 N–H and O–H groups in total. The summed E-state index contributed by atoms with van der Waals surface area (Å²) in [6.07, 6.45) is 0.527. The van der Waals surface area contributed by atoms with Gasteiger partial charge >= 0.3 is 0 Å². The molecule has 1 atom stereocenters. The molecule has 0 amide bonds. The van der Waals surface area contributed by atoms with Crippen LogP contribution in [0.15, 0.2) is 36.4 Å². The first-order valence-corrected chi connectivity index (χ1v) is 6.92. The first-order valence-electron chi connectivity index (χ1n) is 6.16. The average molecular weight is 313 g/mol. The highest BCUT2D eigenvalue weighted by atomic mass is 35.5. The lowest BCUT2D eigenvalue weighted by atomic mass is 9.98. The standard InChI is InChI=1S/C15H15Cl2FN2/c1-9-4-11(7-13(18)5-9)15(20-19)8-10-6-12(16)2-3-14(10)17/h2-7,15,20H,8,19H2,1H3. The molecule has 20 heavy (non-hydrogen) atoms. The molecule has 0 spiro atoms. The highest BCUT2D eigenvalue weighted by Crippen LogP contribution is 2.26. The van der Waals surface area contributed by atoms with E-state index < -0.39 is 0 Å². The molecule has 106 valence electrons. The van der Waals surface area contributed by atoms with Crippen molar-refractivity contribution in [3.63, 3.8) is 0 Å². The summed E-state index contributed by atoms with van der Waals surface area (Å²) < 4.78 is 13.5. The van der Waals surface area contributed by atoms with Crippen molar-refractivity contribution in [2.24, 2.45) is 5.84 Å². The second-order valence-corrected chi connectivity index (χ2v) is 5.56. The Morgan fingerprint density at radius 1 is 1.20 bits per heavy atom. The Hall–Kier alpha value is -1.13. The Morgan fingerprint density at radius 2 is 1.95 bits per heavy atom. The van der Waals surface area contributed by atoms with Gasteiger partial charge in [-0.2, -0.15) is 0 Å². The van der Waals surface area contributed by atoms with Gasteiger partial charge in [-0.15, -0.1) is 0 Å². The number of rotatable bonds is 4. The van der Waals surface area contributed by atoms with E-state index in [4.69, 9.17) is 29.0 Å². The lowest BCUT2D eigenvalue weighted by Gasteiger charge is -2.18. The molecule has 2 rings (SSSR count). The van der Waals surface area contributed by atoms with Crippen LogP contribution >= 0.6 is 23.2 Å². The molecular weight excluding hydrogens is 298 g/mol. The Balaban J connectivity index is 2.30. The van der Waals surface area contributed by atoms with Gasteiger partial charge < -0.3 is 0 Å². The van der Waals surface area contributed by atoms with Gasteiger partial charge in [0.2, 0.25) is 0 Å². The zero-order chi connectivity index (χ0) is 14.7. The number of benzene rings is 2. The number of halogens is 3. The van der Waals surface area contributed by atoms with Crippen molar-refractivity contribution in [2.45, 2.75) is 19.4 Å². The van der Waals surface area contributed by atoms with Crippen LogP contribution in [0.5, 0.6) is 0 Å². The number of aryl methyl sites for hydroxylation is 1. The Morgan fingerprint density at radius 3 is 2.60 bits per heavy atom. The van der Waals surface area contributed by atoms with Gasteiger partial charge in [-0.3, -0.25) is 11.3 Å². The maximum Gasteiger partial charge on any atom is 0.123 e. The van der Waals surface area contributed by atoms with E-state index in [0.29, 0.717) is 16.5 Å². The summed E-state index contributed by atoms with van der Waals surface area (Å²) in [4.78, 5) is 0. The van der Waals surface area contributed by atoms with Crippen LogP contribution in [0.2, 0.25) is 10.0 Å². The van der Waals surface area contributed by atoms with Crippen LogP contribution in [0.25, 0.3) is 0 Å². The maximum atomic E-state index is 13.5. The van der Waals surface area contributed by atoms with Crippen LogP contribution < -0.4 is 11.3 Å². The molecule has 0 aromatic heterocycles. The lowest BCUT2D eigenvalue weighted by Crippen LogP contribution is -2.29. The van der Waals surface area contributed by atoms with E-state index in [1.165, 1.54) is 12.1 Å². The maximum absolute atomic E-state index is 13.5. The third-order valence-electron chi connectivity index (χ3n) is 3.10. The van der Waals surface area contributed by atoms with Crippen LogP contribution in [0.4, 0.5) is 4.39 Å². The fourth-order valence-corrected chi connectivity index (χ4v) is 2.55. The lowest BCUT2D eigenvalue weighted by molar-refractivity contribution is 0.544. The number of nitrogens with one attached hydrogen (secondary N) is 1. The molecule has 0 saturated heterocycles. The normalized spacial score (nSPS) is 12.4. The number of hydrogen-bond donors (Lipinski definition) is 2. The molecule has 0 heterocycles. The fourth-order valence-electron chi connectivity index (χ4n) is 2.16. The monoisotopic (exact) mass is 312 g/mol. The first kappa shape index (κ1) is 15.3. The third-order valence-corrected chi connectivity index (χ3v) is 3.70. The Labute approximate surface area is 127 Å². The van der Waals surface area contributed by atoms with E-state index in [1.54, 1.807) is 18.2 Å². The van der Waals surface area contributed by atoms with Gasteiger partial charge in [-0.05, 0) is 60.4 Å². The van der Waals surface area contributed by atoms with Crippen LogP contribution in [0.3, 0.4) is 0 Å². The molecular formula is C15H15Cl2FN2. The molecule has 0 aliphatic carbocycles. The second-order valence-electron chi connectivity index (χ2n) is 4.72. The summed E-state index contributed by atoms with van der Waals surface area (Å²) in [6, 6.07) is 9.86. The van der Waals surface area contributed by atoms with Gasteiger partial charge in [0, 0.05) is 10.0 Å². The minimum Gasteiger partial charge on any atom is -0.271 e. The van der Waals surface area contributed by atoms with E-state index in [9.17, 15) is 4.39 Å². The third kappa shape index (κ3) is 3.70. The Kier molecular flexibility index (Phi) is 5.00. The predicted octanol–water partition coefficient (Wildman–Crippen LogP) is 4.19. The highest BCUT2D eigenvalue weighted by molar-refractivity contribution is 6.33. The Bertz CT molecular complexity index is 597. The van der Waals surface area contributed by atoms with Crippen LogP contribution in [-0.2, 0) is 6.42 Å². The second kappa shape index (κ2) is 6.55. The summed E-state index contributed by atoms with van der Waals surface area (Å²) in [6.45, 7) is 1.84. The quantitative estimate of drug-likeness (QED) is 0.656. The SMILES string of the molecule is Cc1cc(F)cc(C(Cc2cc(Cl)ccc2Cl)NN)c1. The predicted molar refractivity (Wildman–Crippen MR) is 81.4 cm³/mol. The molecule has 0 saturated carbocycles. The van der Waals surface area contributed by atoms with E-state index in [0.717, 1.165) is 16.7 Å².